The fraction of sp³-hybridized carbons (Fsp3) is 1.00. The molecule has 0 bridgehead atoms. The smallest absolute Gasteiger partial charge is 0.281 e. The Morgan fingerprint density at radius 1 is 1.35 bits per heavy atom. The van der Waals surface area contributed by atoms with Gasteiger partial charge in [-0.3, -0.25) is 0 Å². The van der Waals surface area contributed by atoms with Gasteiger partial charge < -0.3 is 10.5 Å². The van der Waals surface area contributed by atoms with Crippen LogP contribution in [0.15, 0.2) is 0 Å². The van der Waals surface area contributed by atoms with Crippen LogP contribution in [0, 0.1) is 0 Å². The van der Waals surface area contributed by atoms with E-state index in [2.05, 4.69) is 0 Å². The Hall–Kier alpha value is -0.210. The lowest BCUT2D eigenvalue weighted by Gasteiger charge is -2.36. The van der Waals surface area contributed by atoms with Crippen LogP contribution in [0.5, 0.6) is 0 Å². The molecule has 0 aliphatic carbocycles. The molecule has 1 aliphatic heterocycles. The average Bonchev–Trinajstić information content (AvgIpc) is 2.24. The Morgan fingerprint density at radius 3 is 2.35 bits per heavy atom. The summed E-state index contributed by atoms with van der Waals surface area (Å²) in [6.45, 7) is 5.56. The number of hydrogen-bond donors (Lipinski definition) is 1. The highest BCUT2D eigenvalue weighted by atomic mass is 32.2. The minimum Gasteiger partial charge on any atom is -0.373 e. The van der Waals surface area contributed by atoms with Gasteiger partial charge in [0.25, 0.3) is 10.2 Å². The molecule has 0 radical (unpaired) electrons. The van der Waals surface area contributed by atoms with Crippen LogP contribution in [-0.2, 0) is 14.9 Å². The lowest BCUT2D eigenvalue weighted by Crippen LogP contribution is -2.52. The van der Waals surface area contributed by atoms with Crippen molar-refractivity contribution in [3.63, 3.8) is 0 Å². The molecule has 1 aliphatic rings. The third kappa shape index (κ3) is 3.89. The number of rotatable bonds is 5. The summed E-state index contributed by atoms with van der Waals surface area (Å²) in [7, 11) is -1.78. The molecule has 2 unspecified atom stereocenters. The van der Waals surface area contributed by atoms with Gasteiger partial charge in [0.05, 0.1) is 12.2 Å². The summed E-state index contributed by atoms with van der Waals surface area (Å²) in [4.78, 5) is 0. The van der Waals surface area contributed by atoms with Gasteiger partial charge in [0.1, 0.15) is 0 Å². The Morgan fingerprint density at radius 2 is 1.88 bits per heavy atom. The van der Waals surface area contributed by atoms with Crippen molar-refractivity contribution in [2.45, 2.75) is 32.5 Å². The molecule has 6 nitrogen and oxygen atoms in total. The summed E-state index contributed by atoms with van der Waals surface area (Å²) >= 11 is 0. The number of nitrogens with zero attached hydrogens (tertiary/aromatic N) is 2. The molecule has 0 amide bonds. The largest absolute Gasteiger partial charge is 0.373 e. The SMILES string of the molecule is CC1CN(S(=O)(=O)N(C)CCCN)CC(C)O1. The van der Waals surface area contributed by atoms with E-state index in [0.29, 0.717) is 32.6 Å². The van der Waals surface area contributed by atoms with E-state index >= 15 is 0 Å². The average molecular weight is 265 g/mol. The quantitative estimate of drug-likeness (QED) is 0.735. The topological polar surface area (TPSA) is 75.9 Å². The van der Waals surface area contributed by atoms with Gasteiger partial charge in [-0.05, 0) is 26.8 Å². The lowest BCUT2D eigenvalue weighted by molar-refractivity contribution is -0.0452. The summed E-state index contributed by atoms with van der Waals surface area (Å²) in [6.07, 6.45) is 0.554. The first kappa shape index (κ1) is 14.8. The van der Waals surface area contributed by atoms with Crippen LogP contribution in [0.2, 0.25) is 0 Å². The predicted molar refractivity (Wildman–Crippen MR) is 66.8 cm³/mol. The van der Waals surface area contributed by atoms with E-state index in [-0.39, 0.29) is 12.2 Å². The molecular formula is C10H23N3O3S. The maximum absolute atomic E-state index is 12.2. The highest BCUT2D eigenvalue weighted by Crippen LogP contribution is 2.16. The zero-order chi connectivity index (χ0) is 13.1. The van der Waals surface area contributed by atoms with Crippen molar-refractivity contribution in [1.29, 1.82) is 0 Å². The fourth-order valence-electron chi connectivity index (χ4n) is 1.95. The van der Waals surface area contributed by atoms with Gasteiger partial charge >= 0.3 is 0 Å². The summed E-state index contributed by atoms with van der Waals surface area (Å²) in [6, 6.07) is 0. The molecule has 1 fully saturated rings. The van der Waals surface area contributed by atoms with Gasteiger partial charge in [0.2, 0.25) is 0 Å². The molecule has 7 heteroatoms. The Balaban J connectivity index is 2.68. The number of morpholine rings is 1. The molecule has 0 saturated carbocycles. The standard InChI is InChI=1S/C10H23N3O3S/c1-9-7-13(8-10(2)16-9)17(14,15)12(3)6-4-5-11/h9-10H,4-8,11H2,1-3H3. The molecular weight excluding hydrogens is 242 g/mol. The Kier molecular flexibility index (Phi) is 5.33. The van der Waals surface area contributed by atoms with Crippen LogP contribution in [-0.4, -0.2) is 62.5 Å². The molecule has 1 heterocycles. The summed E-state index contributed by atoms with van der Waals surface area (Å²) in [5, 5.41) is 0. The fourth-order valence-corrected chi connectivity index (χ4v) is 3.50. The first-order chi connectivity index (χ1) is 7.87. The second-order valence-corrected chi connectivity index (χ2v) is 6.58. The Labute approximate surface area is 104 Å². The molecule has 0 aromatic carbocycles. The van der Waals surface area contributed by atoms with Crippen LogP contribution < -0.4 is 5.73 Å². The molecule has 0 aromatic rings. The highest BCUT2D eigenvalue weighted by Gasteiger charge is 2.33. The van der Waals surface area contributed by atoms with E-state index in [1.807, 2.05) is 13.8 Å². The summed E-state index contributed by atoms with van der Waals surface area (Å²) < 4.78 is 32.9. The van der Waals surface area contributed by atoms with E-state index < -0.39 is 10.2 Å². The van der Waals surface area contributed by atoms with Crippen molar-refractivity contribution in [1.82, 2.24) is 8.61 Å². The maximum Gasteiger partial charge on any atom is 0.281 e. The number of hydrogen-bond acceptors (Lipinski definition) is 4. The van der Waals surface area contributed by atoms with Crippen LogP contribution in [0.3, 0.4) is 0 Å². The molecule has 1 rings (SSSR count). The van der Waals surface area contributed by atoms with Crippen LogP contribution in [0.4, 0.5) is 0 Å². The first-order valence-electron chi connectivity index (χ1n) is 5.95. The molecule has 17 heavy (non-hydrogen) atoms. The minimum atomic E-state index is -3.37. The van der Waals surface area contributed by atoms with Crippen molar-refractivity contribution >= 4 is 10.2 Å². The molecule has 0 aromatic heterocycles. The van der Waals surface area contributed by atoms with E-state index in [0.717, 1.165) is 0 Å². The molecule has 1 saturated heterocycles. The third-order valence-corrected chi connectivity index (χ3v) is 4.70. The van der Waals surface area contributed by atoms with Crippen LogP contribution in [0.25, 0.3) is 0 Å². The van der Waals surface area contributed by atoms with Gasteiger partial charge in [0.15, 0.2) is 0 Å². The molecule has 0 spiro atoms. The van der Waals surface area contributed by atoms with E-state index in [4.69, 9.17) is 10.5 Å². The monoisotopic (exact) mass is 265 g/mol. The van der Waals surface area contributed by atoms with Gasteiger partial charge in [-0.1, -0.05) is 0 Å². The molecule has 2 atom stereocenters. The van der Waals surface area contributed by atoms with E-state index in [9.17, 15) is 8.42 Å². The van der Waals surface area contributed by atoms with E-state index in [1.165, 1.54) is 8.61 Å². The van der Waals surface area contributed by atoms with Crippen molar-refractivity contribution in [2.24, 2.45) is 5.73 Å². The van der Waals surface area contributed by atoms with Gasteiger partial charge in [-0.15, -0.1) is 0 Å². The number of nitrogens with two attached hydrogens (primary N) is 1. The zero-order valence-electron chi connectivity index (χ0n) is 10.8. The predicted octanol–water partition coefficient (Wildman–Crippen LogP) is -0.379. The van der Waals surface area contributed by atoms with Gasteiger partial charge in [-0.25, -0.2) is 0 Å². The van der Waals surface area contributed by atoms with Crippen LogP contribution >= 0.6 is 0 Å². The van der Waals surface area contributed by atoms with Crippen LogP contribution in [0.1, 0.15) is 20.3 Å². The highest BCUT2D eigenvalue weighted by molar-refractivity contribution is 7.86. The minimum absolute atomic E-state index is 0.0589. The third-order valence-electron chi connectivity index (χ3n) is 2.78. The first-order valence-corrected chi connectivity index (χ1v) is 7.34. The molecule has 102 valence electrons. The van der Waals surface area contributed by atoms with Gasteiger partial charge in [0, 0.05) is 26.7 Å². The Bertz CT molecular complexity index is 324. The summed E-state index contributed by atoms with van der Waals surface area (Å²) in [5.41, 5.74) is 5.39. The summed E-state index contributed by atoms with van der Waals surface area (Å²) in [5.74, 6) is 0. The van der Waals surface area contributed by atoms with Crippen molar-refractivity contribution < 1.29 is 13.2 Å². The normalized spacial score (nSPS) is 27.6. The zero-order valence-corrected chi connectivity index (χ0v) is 11.6. The van der Waals surface area contributed by atoms with Crippen molar-refractivity contribution in [2.75, 3.05) is 33.2 Å². The van der Waals surface area contributed by atoms with E-state index in [1.54, 1.807) is 7.05 Å². The van der Waals surface area contributed by atoms with Crippen molar-refractivity contribution in [3.05, 3.63) is 0 Å². The maximum atomic E-state index is 12.2. The number of ether oxygens (including phenoxy) is 1. The lowest BCUT2D eigenvalue weighted by atomic mass is 10.3. The second kappa shape index (κ2) is 6.10. The van der Waals surface area contributed by atoms with Gasteiger partial charge in [-0.2, -0.15) is 17.0 Å². The van der Waals surface area contributed by atoms with Crippen molar-refractivity contribution in [3.8, 4) is 0 Å². The molecule has 2 N–H and O–H groups in total. The second-order valence-electron chi connectivity index (χ2n) is 4.55.